The molecular weight excluding hydrogens is 278 g/mol. The maximum Gasteiger partial charge on any atom is 0.330 e. The van der Waals surface area contributed by atoms with Gasteiger partial charge in [0, 0.05) is 17.3 Å². The van der Waals surface area contributed by atoms with E-state index in [0.717, 1.165) is 18.4 Å². The van der Waals surface area contributed by atoms with Crippen molar-refractivity contribution >= 4 is 23.6 Å². The topological polar surface area (TPSA) is 55.4 Å². The largest absolute Gasteiger partial charge is 0.463 e. The minimum absolute atomic E-state index is 0.120. The molecule has 0 aliphatic heterocycles. The van der Waals surface area contributed by atoms with Crippen molar-refractivity contribution in [3.8, 4) is 0 Å². The fourth-order valence-electron chi connectivity index (χ4n) is 1.57. The number of rotatable bonds is 7. The minimum atomic E-state index is -0.338. The van der Waals surface area contributed by atoms with Gasteiger partial charge in [-0.2, -0.15) is 0 Å². The average Bonchev–Trinajstić information content (AvgIpc) is 2.53. The monoisotopic (exact) mass is 301 g/mol. The van der Waals surface area contributed by atoms with Gasteiger partial charge in [-0.1, -0.05) is 31.6 Å². The number of esters is 1. The highest BCUT2D eigenvalue weighted by Gasteiger charge is 2.03. The van der Waals surface area contributed by atoms with Crippen molar-refractivity contribution in [3.05, 3.63) is 47.6 Å². The molecule has 118 valence electrons. The van der Waals surface area contributed by atoms with Gasteiger partial charge < -0.3 is 10.1 Å². The number of nitrogens with one attached hydrogen (secondary N) is 1. The lowest BCUT2D eigenvalue weighted by atomic mass is 10.2. The highest BCUT2D eigenvalue weighted by molar-refractivity contribution is 6.03. The number of hydrogen-bond donors (Lipinski definition) is 1. The van der Waals surface area contributed by atoms with Crippen LogP contribution in [0.25, 0.3) is 6.08 Å². The Kier molecular flexibility index (Phi) is 7.68. The molecule has 1 rings (SSSR count). The summed E-state index contributed by atoms with van der Waals surface area (Å²) < 4.78 is 5.03. The van der Waals surface area contributed by atoms with Gasteiger partial charge in [0.15, 0.2) is 0 Å². The molecule has 22 heavy (non-hydrogen) atoms. The molecule has 0 aliphatic carbocycles. The van der Waals surface area contributed by atoms with Crippen LogP contribution in [0.4, 0.5) is 5.69 Å². The summed E-state index contributed by atoms with van der Waals surface area (Å²) in [7, 11) is 0. The van der Waals surface area contributed by atoms with E-state index in [1.54, 1.807) is 31.2 Å². The van der Waals surface area contributed by atoms with E-state index >= 15 is 0 Å². The second kappa shape index (κ2) is 9.55. The first-order valence-corrected chi connectivity index (χ1v) is 7.46. The summed E-state index contributed by atoms with van der Waals surface area (Å²) in [4.78, 5) is 23.2. The molecule has 4 nitrogen and oxygen atoms in total. The molecule has 1 amide bonds. The highest BCUT2D eigenvalue weighted by Crippen LogP contribution is 2.12. The van der Waals surface area contributed by atoms with Gasteiger partial charge in [-0.15, -0.1) is 0 Å². The van der Waals surface area contributed by atoms with Gasteiger partial charge in [0.2, 0.25) is 0 Å². The third-order valence-corrected chi connectivity index (χ3v) is 3.11. The minimum Gasteiger partial charge on any atom is -0.463 e. The van der Waals surface area contributed by atoms with Crippen molar-refractivity contribution in [2.24, 2.45) is 0 Å². The van der Waals surface area contributed by atoms with Crippen LogP contribution in [0.15, 0.2) is 42.0 Å². The summed E-state index contributed by atoms with van der Waals surface area (Å²) in [6.07, 6.45) is 6.73. The second-order valence-electron chi connectivity index (χ2n) is 4.90. The fraction of sp³-hybridized carbons (Fsp3) is 0.333. The first-order chi connectivity index (χ1) is 10.6. The van der Waals surface area contributed by atoms with Gasteiger partial charge in [-0.05, 0) is 44.0 Å². The first kappa shape index (κ1) is 17.7. The summed E-state index contributed by atoms with van der Waals surface area (Å²) in [6, 6.07) is 7.25. The molecule has 0 bridgehead atoms. The fourth-order valence-corrected chi connectivity index (χ4v) is 1.57. The number of carbonyl (C=O) groups excluding carboxylic acids is 2. The van der Waals surface area contributed by atoms with Crippen LogP contribution < -0.4 is 5.32 Å². The molecule has 1 N–H and O–H groups in total. The van der Waals surface area contributed by atoms with Gasteiger partial charge in [0.05, 0.1) is 6.61 Å². The van der Waals surface area contributed by atoms with E-state index in [1.165, 1.54) is 6.08 Å². The molecule has 0 aliphatic rings. The van der Waals surface area contributed by atoms with Crippen LogP contribution in [0.3, 0.4) is 0 Å². The van der Waals surface area contributed by atoms with Crippen molar-refractivity contribution in [2.75, 3.05) is 11.9 Å². The third-order valence-electron chi connectivity index (χ3n) is 3.11. The molecule has 0 aromatic heterocycles. The molecule has 0 unspecified atom stereocenters. The number of allylic oxidation sites excluding steroid dienone is 1. The van der Waals surface area contributed by atoms with Gasteiger partial charge in [-0.25, -0.2) is 4.79 Å². The molecule has 0 radical (unpaired) electrons. The van der Waals surface area contributed by atoms with Crippen LogP contribution in [0.1, 0.15) is 39.2 Å². The Hall–Kier alpha value is -2.36. The zero-order valence-electron chi connectivity index (χ0n) is 13.4. The standard InChI is InChI=1S/C18H23NO3/c1-4-6-13-22-17(20)12-9-15-7-10-16(11-8-15)19-18(21)14(3)5-2/h5,7-12H,4,6,13H2,1-3H3,(H,19,21)/b12-9?,14-5+. The van der Waals surface area contributed by atoms with Gasteiger partial charge in [0.25, 0.3) is 5.91 Å². The molecule has 1 aromatic carbocycles. The van der Waals surface area contributed by atoms with Crippen molar-refractivity contribution in [1.82, 2.24) is 0 Å². The lowest BCUT2D eigenvalue weighted by Gasteiger charge is -2.05. The number of benzene rings is 1. The Labute approximate surface area is 131 Å². The molecule has 0 atom stereocenters. The van der Waals surface area contributed by atoms with Crippen LogP contribution in [0.2, 0.25) is 0 Å². The predicted octanol–water partition coefficient (Wildman–Crippen LogP) is 3.95. The molecule has 4 heteroatoms. The average molecular weight is 301 g/mol. The SMILES string of the molecule is C/C=C(\C)C(=O)Nc1ccc(C=CC(=O)OCCCC)cc1. The number of anilines is 1. The molecular formula is C18H23NO3. The maximum absolute atomic E-state index is 11.7. The highest BCUT2D eigenvalue weighted by atomic mass is 16.5. The van der Waals surface area contributed by atoms with E-state index in [9.17, 15) is 9.59 Å². The van der Waals surface area contributed by atoms with E-state index in [4.69, 9.17) is 4.74 Å². The predicted molar refractivity (Wildman–Crippen MR) is 89.4 cm³/mol. The molecule has 1 aromatic rings. The lowest BCUT2D eigenvalue weighted by molar-refractivity contribution is -0.137. The summed E-state index contributed by atoms with van der Waals surface area (Å²) in [5.74, 6) is -0.458. The van der Waals surface area contributed by atoms with Crippen molar-refractivity contribution in [2.45, 2.75) is 33.6 Å². The van der Waals surface area contributed by atoms with E-state index in [2.05, 4.69) is 5.32 Å². The Bertz CT molecular complexity index is 556. The van der Waals surface area contributed by atoms with Crippen LogP contribution >= 0.6 is 0 Å². The van der Waals surface area contributed by atoms with Crippen molar-refractivity contribution in [1.29, 1.82) is 0 Å². The van der Waals surface area contributed by atoms with Crippen LogP contribution in [0.5, 0.6) is 0 Å². The van der Waals surface area contributed by atoms with Gasteiger partial charge in [0.1, 0.15) is 0 Å². The normalized spacial score (nSPS) is 11.5. The van der Waals surface area contributed by atoms with E-state index < -0.39 is 0 Å². The summed E-state index contributed by atoms with van der Waals surface area (Å²) in [5, 5.41) is 2.80. The third kappa shape index (κ3) is 6.39. The van der Waals surface area contributed by atoms with E-state index in [1.807, 2.05) is 26.0 Å². The molecule has 0 fully saturated rings. The maximum atomic E-state index is 11.7. The second-order valence-corrected chi connectivity index (χ2v) is 4.90. The van der Waals surface area contributed by atoms with E-state index in [0.29, 0.717) is 17.9 Å². The lowest BCUT2D eigenvalue weighted by Crippen LogP contribution is -2.12. The molecule has 0 spiro atoms. The Morgan fingerprint density at radius 2 is 1.91 bits per heavy atom. The Balaban J connectivity index is 2.54. The summed E-state index contributed by atoms with van der Waals surface area (Å²) in [6.45, 7) is 6.08. The smallest absolute Gasteiger partial charge is 0.330 e. The van der Waals surface area contributed by atoms with Gasteiger partial charge in [-0.3, -0.25) is 4.79 Å². The van der Waals surface area contributed by atoms with Crippen LogP contribution in [-0.2, 0) is 14.3 Å². The summed E-state index contributed by atoms with van der Waals surface area (Å²) in [5.41, 5.74) is 2.25. The number of amides is 1. The quantitative estimate of drug-likeness (QED) is 0.471. The molecule has 0 saturated carbocycles. The van der Waals surface area contributed by atoms with Crippen LogP contribution in [0, 0.1) is 0 Å². The Morgan fingerprint density at radius 1 is 1.23 bits per heavy atom. The number of carbonyl (C=O) groups is 2. The number of ether oxygens (including phenoxy) is 1. The van der Waals surface area contributed by atoms with E-state index in [-0.39, 0.29) is 11.9 Å². The zero-order chi connectivity index (χ0) is 16.4. The first-order valence-electron chi connectivity index (χ1n) is 7.46. The molecule has 0 heterocycles. The summed E-state index contributed by atoms with van der Waals surface area (Å²) >= 11 is 0. The van der Waals surface area contributed by atoms with Crippen molar-refractivity contribution in [3.63, 3.8) is 0 Å². The Morgan fingerprint density at radius 3 is 2.50 bits per heavy atom. The van der Waals surface area contributed by atoms with Crippen LogP contribution in [-0.4, -0.2) is 18.5 Å². The molecule has 0 saturated heterocycles. The van der Waals surface area contributed by atoms with Crippen molar-refractivity contribution < 1.29 is 14.3 Å². The number of hydrogen-bond acceptors (Lipinski definition) is 3. The number of unbranched alkanes of at least 4 members (excludes halogenated alkanes) is 1. The van der Waals surface area contributed by atoms with Gasteiger partial charge >= 0.3 is 5.97 Å². The zero-order valence-corrected chi connectivity index (χ0v) is 13.4.